The van der Waals surface area contributed by atoms with Gasteiger partial charge in [0.1, 0.15) is 0 Å². The zero-order valence-electron chi connectivity index (χ0n) is 10.1. The highest BCUT2D eigenvalue weighted by molar-refractivity contribution is 7.91. The fraction of sp³-hybridized carbons (Fsp3) is 0.182. The maximum Gasteiger partial charge on any atom is 0.254 e. The number of sulfonamides is 1. The summed E-state index contributed by atoms with van der Waals surface area (Å²) >= 11 is 13.8. The van der Waals surface area contributed by atoms with Crippen molar-refractivity contribution in [1.29, 1.82) is 0 Å². The minimum Gasteiger partial charge on any atom is -0.232 e. The fourth-order valence-electron chi connectivity index (χ4n) is 1.49. The van der Waals surface area contributed by atoms with Crippen LogP contribution in [-0.2, 0) is 16.6 Å². The fourth-order valence-corrected chi connectivity index (χ4v) is 5.51. The average molecular weight is 369 g/mol. The Morgan fingerprint density at radius 1 is 1.35 bits per heavy atom. The molecule has 0 aromatic carbocycles. The predicted octanol–water partition coefficient (Wildman–Crippen LogP) is 3.89. The van der Waals surface area contributed by atoms with Crippen molar-refractivity contribution in [2.45, 2.75) is 10.8 Å². The largest absolute Gasteiger partial charge is 0.254 e. The Morgan fingerprint density at radius 3 is 2.60 bits per heavy atom. The normalized spacial score (nSPS) is 11.9. The Hall–Kier alpha value is -0.440. The molecule has 0 radical (unpaired) electrons. The van der Waals surface area contributed by atoms with Gasteiger partial charge < -0.3 is 0 Å². The van der Waals surface area contributed by atoms with Crippen molar-refractivity contribution >= 4 is 55.9 Å². The minimum absolute atomic E-state index is 0.118. The molecule has 0 unspecified atom stereocenters. The van der Waals surface area contributed by atoms with Crippen LogP contribution in [0.2, 0.25) is 8.80 Å². The lowest BCUT2D eigenvalue weighted by Crippen LogP contribution is -2.30. The van der Waals surface area contributed by atoms with E-state index < -0.39 is 10.0 Å². The van der Waals surface area contributed by atoms with E-state index in [-0.39, 0.29) is 21.8 Å². The molecule has 0 saturated heterocycles. The Kier molecular flexibility index (Phi) is 5.22. The summed E-state index contributed by atoms with van der Waals surface area (Å²) in [5, 5.41) is 0. The Balaban J connectivity index is 2.30. The summed E-state index contributed by atoms with van der Waals surface area (Å²) in [4.78, 5) is 4.63. The van der Waals surface area contributed by atoms with Gasteiger partial charge in [-0.15, -0.1) is 17.9 Å². The minimum atomic E-state index is -3.63. The molecule has 0 aliphatic rings. The molecule has 0 amide bonds. The Bertz CT molecular complexity index is 709. The first-order chi connectivity index (χ1) is 9.43. The van der Waals surface area contributed by atoms with Crippen LogP contribution in [0.4, 0.5) is 0 Å². The lowest BCUT2D eigenvalue weighted by atomic mass is 10.4. The molecule has 0 N–H and O–H groups in total. The first-order valence-electron chi connectivity index (χ1n) is 5.40. The molecule has 0 aliphatic heterocycles. The zero-order chi connectivity index (χ0) is 14.8. The van der Waals surface area contributed by atoms with Crippen LogP contribution in [0, 0.1) is 0 Å². The topological polar surface area (TPSA) is 50.3 Å². The monoisotopic (exact) mass is 368 g/mol. The first kappa shape index (κ1) is 15.9. The van der Waals surface area contributed by atoms with E-state index >= 15 is 0 Å². The number of halogens is 2. The lowest BCUT2D eigenvalue weighted by Gasteiger charge is -2.18. The molecule has 0 aliphatic carbocycles. The molecule has 0 saturated carbocycles. The van der Waals surface area contributed by atoms with E-state index in [1.807, 2.05) is 0 Å². The van der Waals surface area contributed by atoms with E-state index in [2.05, 4.69) is 11.6 Å². The number of thiophene rings is 1. The van der Waals surface area contributed by atoms with Crippen molar-refractivity contribution in [2.75, 3.05) is 6.54 Å². The number of nitrogens with zero attached hydrogens (tertiary/aromatic N) is 2. The van der Waals surface area contributed by atoms with E-state index in [1.165, 1.54) is 27.9 Å². The van der Waals surface area contributed by atoms with Crippen LogP contribution in [0.15, 0.2) is 35.2 Å². The molecule has 0 bridgehead atoms. The second kappa shape index (κ2) is 6.55. The van der Waals surface area contributed by atoms with Gasteiger partial charge in [-0.3, -0.25) is 0 Å². The van der Waals surface area contributed by atoms with Crippen molar-refractivity contribution < 1.29 is 8.42 Å². The smallest absolute Gasteiger partial charge is 0.232 e. The Morgan fingerprint density at radius 2 is 2.10 bits per heavy atom. The summed E-state index contributed by atoms with van der Waals surface area (Å²) in [6, 6.07) is 3.54. The van der Waals surface area contributed by atoms with Crippen molar-refractivity contribution in [3.05, 3.63) is 44.7 Å². The van der Waals surface area contributed by atoms with Crippen LogP contribution in [0.5, 0.6) is 0 Å². The number of aromatic nitrogens is 1. The van der Waals surface area contributed by atoms with E-state index in [0.29, 0.717) is 4.34 Å². The summed E-state index contributed by atoms with van der Waals surface area (Å²) in [5.74, 6) is 0. The van der Waals surface area contributed by atoms with Crippen LogP contribution in [0.25, 0.3) is 0 Å². The van der Waals surface area contributed by atoms with Crippen molar-refractivity contribution in [3.8, 4) is 0 Å². The van der Waals surface area contributed by atoms with Gasteiger partial charge in [-0.05, 0) is 12.1 Å². The Labute approximate surface area is 135 Å². The average Bonchev–Trinajstić information content (AvgIpc) is 2.98. The second-order valence-corrected chi connectivity index (χ2v) is 9.30. The summed E-state index contributed by atoms with van der Waals surface area (Å²) < 4.78 is 27.3. The van der Waals surface area contributed by atoms with Gasteiger partial charge in [0, 0.05) is 18.0 Å². The quantitative estimate of drug-likeness (QED) is 0.726. The van der Waals surface area contributed by atoms with Gasteiger partial charge in [-0.1, -0.05) is 40.6 Å². The molecule has 2 heterocycles. The van der Waals surface area contributed by atoms with Crippen LogP contribution in [0.1, 0.15) is 4.88 Å². The van der Waals surface area contributed by atoms with Gasteiger partial charge in [-0.2, -0.15) is 4.31 Å². The maximum absolute atomic E-state index is 12.5. The van der Waals surface area contributed by atoms with E-state index in [4.69, 9.17) is 23.2 Å². The third kappa shape index (κ3) is 3.60. The van der Waals surface area contributed by atoms with E-state index in [0.717, 1.165) is 16.2 Å². The standard InChI is InChI=1S/C11H10Cl2N2O2S3/c1-2-5-15(7-8-3-4-9(12)18-8)20(16,17)10-6-14-11(13)19-10/h2-4,6H,1,5,7H2. The zero-order valence-corrected chi connectivity index (χ0v) is 14.1. The predicted molar refractivity (Wildman–Crippen MR) is 84.2 cm³/mol. The van der Waals surface area contributed by atoms with Crippen molar-refractivity contribution in [2.24, 2.45) is 0 Å². The molecule has 4 nitrogen and oxygen atoms in total. The number of thiazole rings is 1. The number of rotatable bonds is 6. The molecule has 108 valence electrons. The number of hydrogen-bond acceptors (Lipinski definition) is 5. The van der Waals surface area contributed by atoms with E-state index in [9.17, 15) is 8.42 Å². The van der Waals surface area contributed by atoms with Gasteiger partial charge in [-0.25, -0.2) is 13.4 Å². The molecule has 2 aromatic rings. The number of hydrogen-bond donors (Lipinski definition) is 0. The second-order valence-electron chi connectivity index (χ2n) is 3.72. The molecule has 2 aromatic heterocycles. The molecular weight excluding hydrogens is 359 g/mol. The summed E-state index contributed by atoms with van der Waals surface area (Å²) in [7, 11) is -3.63. The molecule has 0 fully saturated rings. The van der Waals surface area contributed by atoms with Crippen LogP contribution < -0.4 is 0 Å². The third-order valence-corrected chi connectivity index (χ3v) is 6.92. The molecule has 0 spiro atoms. The summed E-state index contributed by atoms with van der Waals surface area (Å²) in [6.07, 6.45) is 2.80. The molecule has 0 atom stereocenters. The van der Waals surface area contributed by atoms with Gasteiger partial charge >= 0.3 is 0 Å². The van der Waals surface area contributed by atoms with Gasteiger partial charge in [0.25, 0.3) is 10.0 Å². The summed E-state index contributed by atoms with van der Waals surface area (Å²) in [5.41, 5.74) is 0. The highest BCUT2D eigenvalue weighted by Crippen LogP contribution is 2.28. The third-order valence-electron chi connectivity index (χ3n) is 2.34. The highest BCUT2D eigenvalue weighted by atomic mass is 35.5. The molecule has 20 heavy (non-hydrogen) atoms. The van der Waals surface area contributed by atoms with Crippen molar-refractivity contribution in [1.82, 2.24) is 9.29 Å². The highest BCUT2D eigenvalue weighted by Gasteiger charge is 2.26. The van der Waals surface area contributed by atoms with Crippen LogP contribution >= 0.6 is 45.9 Å². The van der Waals surface area contributed by atoms with Gasteiger partial charge in [0.05, 0.1) is 10.5 Å². The summed E-state index contributed by atoms with van der Waals surface area (Å²) in [6.45, 7) is 4.03. The van der Waals surface area contributed by atoms with Crippen LogP contribution in [-0.4, -0.2) is 24.3 Å². The SMILES string of the molecule is C=CCN(Cc1ccc(Cl)s1)S(=O)(=O)c1cnc(Cl)s1. The van der Waals surface area contributed by atoms with Gasteiger partial charge in [0.2, 0.25) is 0 Å². The molecule has 2 rings (SSSR count). The van der Waals surface area contributed by atoms with Crippen LogP contribution in [0.3, 0.4) is 0 Å². The lowest BCUT2D eigenvalue weighted by molar-refractivity contribution is 0.443. The van der Waals surface area contributed by atoms with E-state index in [1.54, 1.807) is 12.1 Å². The first-order valence-corrected chi connectivity index (χ1v) is 9.23. The maximum atomic E-state index is 12.5. The van der Waals surface area contributed by atoms with Crippen molar-refractivity contribution in [3.63, 3.8) is 0 Å². The van der Waals surface area contributed by atoms with Gasteiger partial charge in [0.15, 0.2) is 8.68 Å². The molecule has 9 heteroatoms. The molecular formula is C11H10Cl2N2O2S3.